The minimum Gasteiger partial charge on any atom is -0.471 e. The lowest BCUT2D eigenvalue weighted by Crippen LogP contribution is -2.63. The van der Waals surface area contributed by atoms with Crippen molar-refractivity contribution in [1.29, 1.82) is 0 Å². The predicted molar refractivity (Wildman–Crippen MR) is 135 cm³/mol. The van der Waals surface area contributed by atoms with Gasteiger partial charge < -0.3 is 47.4 Å². The quantitative estimate of drug-likeness (QED) is 0.184. The van der Waals surface area contributed by atoms with E-state index in [0.717, 1.165) is 27.7 Å². The molecule has 3 heterocycles. The van der Waals surface area contributed by atoms with Gasteiger partial charge in [0.25, 0.3) is 0 Å². The van der Waals surface area contributed by atoms with Gasteiger partial charge in [-0.05, 0) is 0 Å². The minimum atomic E-state index is -1.51. The van der Waals surface area contributed by atoms with Crippen LogP contribution in [0.25, 0.3) is 0 Å². The predicted octanol–water partition coefficient (Wildman–Crippen LogP) is 0.681. The van der Waals surface area contributed by atoms with Gasteiger partial charge >= 0.3 is 29.8 Å². The number of hydrogen-bond acceptors (Lipinski definition) is 15. The molecule has 15 nitrogen and oxygen atoms in total. The van der Waals surface area contributed by atoms with Gasteiger partial charge in [0, 0.05) is 46.0 Å². The van der Waals surface area contributed by atoms with E-state index in [2.05, 4.69) is 6.58 Å². The Morgan fingerprint density at radius 2 is 1.48 bits per heavy atom. The number of methoxy groups -OCH3 is 1. The zero-order valence-corrected chi connectivity index (χ0v) is 24.0. The van der Waals surface area contributed by atoms with Crippen molar-refractivity contribution in [1.82, 2.24) is 0 Å². The molecule has 2 fully saturated rings. The van der Waals surface area contributed by atoms with Crippen LogP contribution < -0.4 is 0 Å². The zero-order valence-electron chi connectivity index (χ0n) is 24.0. The minimum absolute atomic E-state index is 0.183. The van der Waals surface area contributed by atoms with Crippen LogP contribution in [-0.2, 0) is 71.3 Å². The molecule has 0 aromatic heterocycles. The summed E-state index contributed by atoms with van der Waals surface area (Å²) in [6, 6.07) is 0. The van der Waals surface area contributed by atoms with Gasteiger partial charge in [0.15, 0.2) is 24.6 Å². The van der Waals surface area contributed by atoms with Crippen molar-refractivity contribution in [2.24, 2.45) is 11.8 Å². The lowest BCUT2D eigenvalue weighted by atomic mass is 9.81. The Balaban J connectivity index is 1.98. The average molecular weight is 601 g/mol. The smallest absolute Gasteiger partial charge is 0.337 e. The number of rotatable bonds is 11. The van der Waals surface area contributed by atoms with E-state index in [1.807, 2.05) is 0 Å². The van der Waals surface area contributed by atoms with E-state index in [0.29, 0.717) is 13.2 Å². The van der Waals surface area contributed by atoms with E-state index < -0.39 is 91.6 Å². The molecule has 0 spiro atoms. The molecule has 0 aromatic rings. The zero-order chi connectivity index (χ0) is 31.0. The molecule has 0 radical (unpaired) electrons. The summed E-state index contributed by atoms with van der Waals surface area (Å²) in [5, 5.41) is 0. The third kappa shape index (κ3) is 8.50. The molecular formula is C27H36O15. The summed E-state index contributed by atoms with van der Waals surface area (Å²) in [5.74, 6) is -4.98. The van der Waals surface area contributed by atoms with Crippen LogP contribution in [0.4, 0.5) is 0 Å². The van der Waals surface area contributed by atoms with Gasteiger partial charge in [-0.15, -0.1) is 6.58 Å². The molecule has 0 unspecified atom stereocenters. The number of esters is 5. The molecule has 234 valence electrons. The van der Waals surface area contributed by atoms with Crippen molar-refractivity contribution >= 4 is 29.8 Å². The lowest BCUT2D eigenvalue weighted by Gasteiger charge is -2.46. The van der Waals surface area contributed by atoms with Crippen molar-refractivity contribution in [3.05, 3.63) is 24.5 Å². The summed E-state index contributed by atoms with van der Waals surface area (Å²) in [4.78, 5) is 60.4. The Morgan fingerprint density at radius 3 is 2.02 bits per heavy atom. The highest BCUT2D eigenvalue weighted by Crippen LogP contribution is 2.39. The molecular weight excluding hydrogens is 564 g/mol. The maximum Gasteiger partial charge on any atom is 0.337 e. The Hall–Kier alpha value is -3.53. The number of carbonyl (C=O) groups excluding carboxylic acids is 5. The Kier molecular flexibility index (Phi) is 11.8. The van der Waals surface area contributed by atoms with E-state index in [-0.39, 0.29) is 12.0 Å². The molecule has 0 aromatic carbocycles. The average Bonchev–Trinajstić information content (AvgIpc) is 3.43. The van der Waals surface area contributed by atoms with Crippen molar-refractivity contribution in [2.45, 2.75) is 77.4 Å². The summed E-state index contributed by atoms with van der Waals surface area (Å²) in [6.07, 6.45) is -5.88. The Morgan fingerprint density at radius 1 is 0.881 bits per heavy atom. The van der Waals surface area contributed by atoms with Crippen LogP contribution in [0.2, 0.25) is 0 Å². The SMILES string of the molecule is C=C[C@H]1[C@H](O[C@@H]2O[C@H](COC(C)=O)[C@@H](OC(C)=O)[C@H](OC(C)=O)[C@H]2OC(C)=O)OC=C(C(=O)OC)[C@H]1CC1OCCO1. The highest BCUT2D eigenvalue weighted by Gasteiger charge is 2.54. The molecule has 3 rings (SSSR count). The number of ether oxygens (including phenoxy) is 10. The molecule has 3 aliphatic rings. The van der Waals surface area contributed by atoms with Crippen LogP contribution in [0, 0.1) is 11.8 Å². The Labute approximate surface area is 242 Å². The number of hydrogen-bond donors (Lipinski definition) is 0. The molecule has 2 saturated heterocycles. The van der Waals surface area contributed by atoms with Crippen LogP contribution in [-0.4, -0.2) is 100 Å². The Bertz CT molecular complexity index is 1050. The summed E-state index contributed by atoms with van der Waals surface area (Å²) in [7, 11) is 1.23. The van der Waals surface area contributed by atoms with Gasteiger partial charge in [0.1, 0.15) is 12.7 Å². The van der Waals surface area contributed by atoms with Gasteiger partial charge in [0.2, 0.25) is 12.6 Å². The standard InChI is InChI=1S/C27H36O15/c1-7-17-18(10-21-34-8-9-35-21)19(25(32)33-6)11-37-26(17)42-27-24(40-16(5)31)23(39-15(4)30)22(38-14(3)29)20(41-27)12-36-13(2)28/h7,11,17-18,20-24,26-27H,1,8-10,12H2,2-6H3/t17-,18+,20-,22-,23+,24-,26+,27+/m1/s1. The van der Waals surface area contributed by atoms with Crippen LogP contribution in [0.3, 0.4) is 0 Å². The molecule has 0 amide bonds. The summed E-state index contributed by atoms with van der Waals surface area (Å²) < 4.78 is 55.4. The molecule has 15 heteroatoms. The monoisotopic (exact) mass is 600 g/mol. The van der Waals surface area contributed by atoms with Crippen molar-refractivity contribution in [3.8, 4) is 0 Å². The summed E-state index contributed by atoms with van der Waals surface area (Å²) in [6.45, 7) is 8.71. The largest absolute Gasteiger partial charge is 0.471 e. The van der Waals surface area contributed by atoms with E-state index in [9.17, 15) is 24.0 Å². The van der Waals surface area contributed by atoms with Gasteiger partial charge in [-0.25, -0.2) is 4.79 Å². The molecule has 0 saturated carbocycles. The first-order valence-electron chi connectivity index (χ1n) is 13.2. The third-order valence-electron chi connectivity index (χ3n) is 6.55. The van der Waals surface area contributed by atoms with Crippen LogP contribution in [0.1, 0.15) is 34.1 Å². The summed E-state index contributed by atoms with van der Waals surface area (Å²) in [5.41, 5.74) is 0.183. The van der Waals surface area contributed by atoms with Crippen LogP contribution in [0.5, 0.6) is 0 Å². The van der Waals surface area contributed by atoms with E-state index in [1.165, 1.54) is 19.4 Å². The molecule has 42 heavy (non-hydrogen) atoms. The van der Waals surface area contributed by atoms with Crippen LogP contribution in [0.15, 0.2) is 24.5 Å². The first kappa shape index (κ1) is 33.0. The second-order valence-corrected chi connectivity index (χ2v) is 9.60. The van der Waals surface area contributed by atoms with Gasteiger partial charge in [0.05, 0.1) is 32.2 Å². The first-order valence-corrected chi connectivity index (χ1v) is 13.2. The topological polar surface area (TPSA) is 178 Å². The van der Waals surface area contributed by atoms with Crippen molar-refractivity contribution < 1.29 is 71.3 Å². The maximum atomic E-state index is 12.6. The fourth-order valence-electron chi connectivity index (χ4n) is 4.90. The molecule has 3 aliphatic heterocycles. The number of carbonyl (C=O) groups is 5. The van der Waals surface area contributed by atoms with E-state index >= 15 is 0 Å². The lowest BCUT2D eigenvalue weighted by molar-refractivity contribution is -0.342. The molecule has 0 N–H and O–H groups in total. The first-order chi connectivity index (χ1) is 19.9. The van der Waals surface area contributed by atoms with Crippen LogP contribution >= 0.6 is 0 Å². The fourth-order valence-corrected chi connectivity index (χ4v) is 4.90. The normalized spacial score (nSPS) is 31.1. The molecule has 0 aliphatic carbocycles. The van der Waals surface area contributed by atoms with E-state index in [1.54, 1.807) is 0 Å². The second-order valence-electron chi connectivity index (χ2n) is 9.60. The van der Waals surface area contributed by atoms with Gasteiger partial charge in [-0.3, -0.25) is 19.2 Å². The van der Waals surface area contributed by atoms with Crippen molar-refractivity contribution in [3.63, 3.8) is 0 Å². The van der Waals surface area contributed by atoms with E-state index in [4.69, 9.17) is 47.4 Å². The highest BCUT2D eigenvalue weighted by atomic mass is 16.8. The maximum absolute atomic E-state index is 12.6. The highest BCUT2D eigenvalue weighted by molar-refractivity contribution is 5.89. The van der Waals surface area contributed by atoms with Gasteiger partial charge in [-0.1, -0.05) is 6.08 Å². The fraction of sp³-hybridized carbons (Fsp3) is 0.667. The van der Waals surface area contributed by atoms with Gasteiger partial charge in [-0.2, -0.15) is 0 Å². The summed E-state index contributed by atoms with van der Waals surface area (Å²) >= 11 is 0. The second kappa shape index (κ2) is 15.1. The molecule has 0 bridgehead atoms. The van der Waals surface area contributed by atoms with Crippen molar-refractivity contribution in [2.75, 3.05) is 26.9 Å². The third-order valence-corrected chi connectivity index (χ3v) is 6.55. The molecule has 8 atom stereocenters.